The molecule has 2 aliphatic rings. The van der Waals surface area contributed by atoms with E-state index in [0.717, 1.165) is 5.56 Å². The molecule has 2 saturated heterocycles. The van der Waals surface area contributed by atoms with Gasteiger partial charge < -0.3 is 19.8 Å². The lowest BCUT2D eigenvalue weighted by atomic mass is 9.80. The molecule has 2 fully saturated rings. The second-order valence-electron chi connectivity index (χ2n) is 9.46. The zero-order valence-electron chi connectivity index (χ0n) is 20.3. The summed E-state index contributed by atoms with van der Waals surface area (Å²) >= 11 is 6.43. The quantitative estimate of drug-likeness (QED) is 0.525. The number of hydrogen-bond acceptors (Lipinski definition) is 6. The number of benzene rings is 2. The first-order valence-corrected chi connectivity index (χ1v) is 12.6. The molecule has 2 aliphatic heterocycles. The van der Waals surface area contributed by atoms with E-state index in [-0.39, 0.29) is 11.6 Å². The molecule has 0 saturated carbocycles. The SMILES string of the molecule is O=C(C(=O)N1CCC(CO)(c2ccccc2)C1)N1CCN(c2cnn(-c3ccccc3)c(=O)c2Cl)CC1. The summed E-state index contributed by atoms with van der Waals surface area (Å²) in [5, 5.41) is 14.5. The molecule has 0 spiro atoms. The normalized spacial score (nSPS) is 19.8. The molecule has 3 heterocycles. The van der Waals surface area contributed by atoms with Crippen molar-refractivity contribution in [1.82, 2.24) is 19.6 Å². The summed E-state index contributed by atoms with van der Waals surface area (Å²) in [5.41, 5.74) is 1.12. The molecule has 192 valence electrons. The minimum absolute atomic E-state index is 0.0630. The number of piperazine rings is 1. The van der Waals surface area contributed by atoms with E-state index in [4.69, 9.17) is 11.6 Å². The molecule has 0 aliphatic carbocycles. The molecule has 9 nitrogen and oxygen atoms in total. The number of carbonyl (C=O) groups excluding carboxylic acids is 2. The van der Waals surface area contributed by atoms with Gasteiger partial charge in [0.05, 0.1) is 24.2 Å². The van der Waals surface area contributed by atoms with Crippen molar-refractivity contribution in [2.24, 2.45) is 0 Å². The maximum absolute atomic E-state index is 13.1. The second-order valence-corrected chi connectivity index (χ2v) is 9.83. The molecule has 0 bridgehead atoms. The maximum Gasteiger partial charge on any atom is 0.312 e. The number of nitrogens with zero attached hydrogens (tertiary/aromatic N) is 5. The molecule has 1 atom stereocenters. The Morgan fingerprint density at radius 3 is 2.16 bits per heavy atom. The van der Waals surface area contributed by atoms with Crippen LogP contribution in [0.4, 0.5) is 5.69 Å². The Kier molecular flexibility index (Phi) is 6.99. The first-order valence-electron chi connectivity index (χ1n) is 12.3. The molecular formula is C27H28ClN5O4. The third-order valence-electron chi connectivity index (χ3n) is 7.32. The molecule has 0 radical (unpaired) electrons. The number of aliphatic hydroxyl groups excluding tert-OH is 1. The van der Waals surface area contributed by atoms with Crippen LogP contribution in [0.3, 0.4) is 0 Å². The Morgan fingerprint density at radius 1 is 0.892 bits per heavy atom. The van der Waals surface area contributed by atoms with Crippen molar-refractivity contribution in [3.05, 3.63) is 87.8 Å². The van der Waals surface area contributed by atoms with Crippen LogP contribution < -0.4 is 10.5 Å². The monoisotopic (exact) mass is 521 g/mol. The van der Waals surface area contributed by atoms with Crippen LogP contribution in [0.5, 0.6) is 0 Å². The molecule has 1 unspecified atom stereocenters. The largest absolute Gasteiger partial charge is 0.395 e. The Labute approximate surface area is 219 Å². The minimum atomic E-state index is -0.556. The summed E-state index contributed by atoms with van der Waals surface area (Å²) < 4.78 is 1.25. The fourth-order valence-electron chi connectivity index (χ4n) is 5.11. The van der Waals surface area contributed by atoms with Crippen molar-refractivity contribution >= 4 is 29.1 Å². The number of aromatic nitrogens is 2. The van der Waals surface area contributed by atoms with E-state index in [1.165, 1.54) is 9.58 Å². The summed E-state index contributed by atoms with van der Waals surface area (Å²) in [5.74, 6) is -1.10. The van der Waals surface area contributed by atoms with Crippen LogP contribution in [0.1, 0.15) is 12.0 Å². The van der Waals surface area contributed by atoms with Crippen molar-refractivity contribution in [3.8, 4) is 5.69 Å². The van der Waals surface area contributed by atoms with Gasteiger partial charge in [0.15, 0.2) is 0 Å². The van der Waals surface area contributed by atoms with Gasteiger partial charge in [-0.15, -0.1) is 0 Å². The lowest BCUT2D eigenvalue weighted by molar-refractivity contribution is -0.151. The third-order valence-corrected chi connectivity index (χ3v) is 7.68. The molecule has 10 heteroatoms. The van der Waals surface area contributed by atoms with Gasteiger partial charge in [0.1, 0.15) is 5.02 Å². The van der Waals surface area contributed by atoms with Gasteiger partial charge in [-0.3, -0.25) is 14.4 Å². The predicted molar refractivity (Wildman–Crippen MR) is 140 cm³/mol. The molecule has 2 amide bonds. The Bertz CT molecular complexity index is 1340. The number of rotatable bonds is 4. The highest BCUT2D eigenvalue weighted by Crippen LogP contribution is 2.34. The highest BCUT2D eigenvalue weighted by molar-refractivity contribution is 6.35. The summed E-state index contributed by atoms with van der Waals surface area (Å²) in [6.07, 6.45) is 2.15. The van der Waals surface area contributed by atoms with Crippen LogP contribution in [-0.4, -0.2) is 82.4 Å². The average Bonchev–Trinajstić information content (AvgIpc) is 3.41. The van der Waals surface area contributed by atoms with Gasteiger partial charge in [0, 0.05) is 44.7 Å². The van der Waals surface area contributed by atoms with Crippen molar-refractivity contribution in [2.75, 3.05) is 50.8 Å². The van der Waals surface area contributed by atoms with Gasteiger partial charge in [-0.25, -0.2) is 0 Å². The highest BCUT2D eigenvalue weighted by Gasteiger charge is 2.43. The van der Waals surface area contributed by atoms with E-state index < -0.39 is 22.8 Å². The van der Waals surface area contributed by atoms with Crippen LogP contribution in [0.25, 0.3) is 5.69 Å². The third kappa shape index (κ3) is 4.72. The van der Waals surface area contributed by atoms with Gasteiger partial charge in [-0.1, -0.05) is 60.1 Å². The zero-order chi connectivity index (χ0) is 26.0. The van der Waals surface area contributed by atoms with E-state index in [1.807, 2.05) is 53.4 Å². The summed E-state index contributed by atoms with van der Waals surface area (Å²) in [7, 11) is 0. The molecule has 37 heavy (non-hydrogen) atoms. The standard InChI is InChI=1S/C27H28ClN5O4/c28-23-22(17-29-33(24(23)35)21-9-5-2-6-10-21)30-13-15-31(16-14-30)25(36)26(37)32-12-11-27(18-32,19-34)20-7-3-1-4-8-20/h1-10,17,34H,11-16,18-19H2. The van der Waals surface area contributed by atoms with E-state index >= 15 is 0 Å². The van der Waals surface area contributed by atoms with Crippen LogP contribution >= 0.6 is 11.6 Å². The van der Waals surface area contributed by atoms with Gasteiger partial charge >= 0.3 is 11.8 Å². The van der Waals surface area contributed by atoms with E-state index in [1.54, 1.807) is 23.2 Å². The van der Waals surface area contributed by atoms with E-state index in [9.17, 15) is 19.5 Å². The molecule has 1 N–H and O–H groups in total. The van der Waals surface area contributed by atoms with Crippen molar-refractivity contribution in [3.63, 3.8) is 0 Å². The minimum Gasteiger partial charge on any atom is -0.395 e. The highest BCUT2D eigenvalue weighted by atomic mass is 35.5. The summed E-state index contributed by atoms with van der Waals surface area (Å²) in [6.45, 7) is 2.10. The number of halogens is 1. The van der Waals surface area contributed by atoms with Crippen LogP contribution in [0, 0.1) is 0 Å². The molecular weight excluding hydrogens is 494 g/mol. The Hall–Kier alpha value is -3.69. The van der Waals surface area contributed by atoms with Gasteiger partial charge in [0.2, 0.25) is 0 Å². The molecule has 2 aromatic carbocycles. The van der Waals surface area contributed by atoms with E-state index in [2.05, 4.69) is 5.10 Å². The summed E-state index contributed by atoms with van der Waals surface area (Å²) in [6, 6.07) is 18.7. The number of para-hydroxylation sites is 1. The molecule has 1 aromatic heterocycles. The first-order chi connectivity index (χ1) is 17.9. The van der Waals surface area contributed by atoms with Crippen LogP contribution in [0.15, 0.2) is 71.7 Å². The lowest BCUT2D eigenvalue weighted by Crippen LogP contribution is -2.53. The van der Waals surface area contributed by atoms with Gasteiger partial charge in [0.25, 0.3) is 5.56 Å². The maximum atomic E-state index is 13.1. The zero-order valence-corrected chi connectivity index (χ0v) is 21.0. The predicted octanol–water partition coefficient (Wildman–Crippen LogP) is 1.70. The first kappa shape index (κ1) is 25.0. The number of amides is 2. The van der Waals surface area contributed by atoms with Crippen LogP contribution in [-0.2, 0) is 15.0 Å². The fourth-order valence-corrected chi connectivity index (χ4v) is 5.36. The van der Waals surface area contributed by atoms with Crippen LogP contribution in [0.2, 0.25) is 5.02 Å². The molecule has 5 rings (SSSR count). The summed E-state index contributed by atoms with van der Waals surface area (Å²) in [4.78, 5) is 43.9. The second kappa shape index (κ2) is 10.4. The van der Waals surface area contributed by atoms with Crippen molar-refractivity contribution in [2.45, 2.75) is 11.8 Å². The number of likely N-dealkylation sites (tertiary alicyclic amines) is 1. The van der Waals surface area contributed by atoms with Gasteiger partial charge in [-0.05, 0) is 24.1 Å². The smallest absolute Gasteiger partial charge is 0.312 e. The topological polar surface area (TPSA) is 99.0 Å². The molecule has 3 aromatic rings. The number of carbonyl (C=O) groups is 2. The van der Waals surface area contributed by atoms with Gasteiger partial charge in [-0.2, -0.15) is 9.78 Å². The number of anilines is 1. The Balaban J connectivity index is 1.23. The van der Waals surface area contributed by atoms with Crippen molar-refractivity contribution in [1.29, 1.82) is 0 Å². The van der Waals surface area contributed by atoms with E-state index in [0.29, 0.717) is 57.1 Å². The lowest BCUT2D eigenvalue weighted by Gasteiger charge is -2.36. The number of aliphatic hydroxyl groups is 1. The number of hydrogen-bond donors (Lipinski definition) is 1. The Morgan fingerprint density at radius 2 is 1.51 bits per heavy atom. The fraction of sp³-hybridized carbons (Fsp3) is 0.333. The average molecular weight is 522 g/mol. The van der Waals surface area contributed by atoms with Crippen molar-refractivity contribution < 1.29 is 14.7 Å².